The van der Waals surface area contributed by atoms with Crippen LogP contribution in [0.25, 0.3) is 0 Å². The second-order valence-corrected chi connectivity index (χ2v) is 38.0. The minimum Gasteiger partial charge on any atom is -0.275 e. The Balaban J connectivity index is 0.00000142. The van der Waals surface area contributed by atoms with E-state index in [1.807, 2.05) is 0 Å². The van der Waals surface area contributed by atoms with E-state index in [0.717, 1.165) is 6.54 Å². The average Bonchev–Trinajstić information content (AvgIpc) is 3.03. The van der Waals surface area contributed by atoms with E-state index < -0.39 is 42.6 Å². The van der Waals surface area contributed by atoms with Gasteiger partial charge < -0.3 is 0 Å². The molecule has 0 radical (unpaired) electrons. The van der Waals surface area contributed by atoms with Crippen LogP contribution >= 0.6 is 37.1 Å². The lowest BCUT2D eigenvalue weighted by molar-refractivity contribution is 0.369. The van der Waals surface area contributed by atoms with Crippen LogP contribution in [0.3, 0.4) is 0 Å². The van der Waals surface area contributed by atoms with Crippen molar-refractivity contribution in [2.24, 2.45) is 23.0 Å². The van der Waals surface area contributed by atoms with Gasteiger partial charge in [-0.25, -0.2) is 9.26 Å². The molecule has 0 aromatic heterocycles. The minimum atomic E-state index is -3.11. The first kappa shape index (κ1) is 58.8. The van der Waals surface area contributed by atoms with Gasteiger partial charge in [-0.1, -0.05) is 48.5 Å². The van der Waals surface area contributed by atoms with Crippen LogP contribution in [0.1, 0.15) is 109 Å². The van der Waals surface area contributed by atoms with Crippen LogP contribution in [0.5, 0.6) is 0 Å². The van der Waals surface area contributed by atoms with E-state index in [-0.39, 0.29) is 5.54 Å². The van der Waals surface area contributed by atoms with Gasteiger partial charge in [-0.15, -0.1) is 0 Å². The summed E-state index contributed by atoms with van der Waals surface area (Å²) in [5.41, 5.74) is 1.00. The lowest BCUT2D eigenvalue weighted by Crippen LogP contribution is -2.40. The SMILES string of the molecule is CC(C)P(=NP(=NC(C)(C)C)(N=P(N(C)C)(N(C)C)N(C)C)N=P(N(C)C)(N(C)C)N(C)C)(C(C)C)N(C)C.CCCN(CC)P1(=NC(C)(C)C)C(C)CCCN1C. The van der Waals surface area contributed by atoms with Crippen molar-refractivity contribution >= 4 is 37.1 Å². The van der Waals surface area contributed by atoms with Crippen molar-refractivity contribution in [1.82, 2.24) is 42.0 Å². The molecule has 0 spiro atoms. The van der Waals surface area contributed by atoms with Crippen LogP contribution in [0.2, 0.25) is 0 Å². The average molecular weight is 919 g/mol. The van der Waals surface area contributed by atoms with Crippen LogP contribution in [0, 0.1) is 0 Å². The molecule has 1 aliphatic heterocycles. The summed E-state index contributed by atoms with van der Waals surface area (Å²) >= 11 is 0. The third-order valence-corrected chi connectivity index (χ3v) is 32.9. The zero-order valence-corrected chi connectivity index (χ0v) is 47.9. The Kier molecular flexibility index (Phi) is 23.4. The van der Waals surface area contributed by atoms with Gasteiger partial charge in [-0.05, 0) is 167 Å². The quantitative estimate of drug-likeness (QED) is 0.140. The molecule has 350 valence electrons. The first-order chi connectivity index (χ1) is 26.1. The Morgan fingerprint density at radius 3 is 1.24 bits per heavy atom. The zero-order chi connectivity index (χ0) is 46.2. The molecule has 0 N–H and O–H groups in total. The lowest BCUT2D eigenvalue weighted by atomic mass is 10.1. The Labute approximate surface area is 363 Å². The van der Waals surface area contributed by atoms with Crippen molar-refractivity contribution in [3.05, 3.63) is 0 Å². The number of hydrogen-bond acceptors (Lipinski definition) is 2. The predicted molar refractivity (Wildman–Crippen MR) is 271 cm³/mol. The summed E-state index contributed by atoms with van der Waals surface area (Å²) in [5.74, 6) is 0. The fraction of sp³-hybridized carbons (Fsp3) is 1.00. The fourth-order valence-corrected chi connectivity index (χ4v) is 33.8. The van der Waals surface area contributed by atoms with E-state index in [4.69, 9.17) is 23.0 Å². The number of hydrogen-bond donors (Lipinski definition) is 0. The summed E-state index contributed by atoms with van der Waals surface area (Å²) < 4.78 is 50.2. The van der Waals surface area contributed by atoms with E-state index in [1.54, 1.807) is 0 Å². The Bertz CT molecular complexity index is 1340. The van der Waals surface area contributed by atoms with Gasteiger partial charge in [0.15, 0.2) is 15.0 Å². The molecule has 1 heterocycles. The van der Waals surface area contributed by atoms with E-state index in [1.165, 1.54) is 32.4 Å². The number of nitrogens with zero attached hydrogens (tertiary/aromatic N) is 14. The molecule has 0 aliphatic carbocycles. The summed E-state index contributed by atoms with van der Waals surface area (Å²) in [4.78, 5) is 0. The molecule has 0 amide bonds. The van der Waals surface area contributed by atoms with Gasteiger partial charge in [0, 0.05) is 43.8 Å². The highest BCUT2D eigenvalue weighted by Crippen LogP contribution is 2.79. The van der Waals surface area contributed by atoms with Crippen molar-refractivity contribution in [3.63, 3.8) is 0 Å². The summed E-state index contributed by atoms with van der Waals surface area (Å²) in [5, 5.41) is 0. The molecule has 2 unspecified atom stereocenters. The minimum absolute atomic E-state index is 0.0504. The third-order valence-electron chi connectivity index (χ3n) is 10.5. The Hall–Kier alpha value is 0.790. The summed E-state index contributed by atoms with van der Waals surface area (Å²) in [6, 6.07) is 0. The molecule has 1 aliphatic rings. The zero-order valence-electron chi connectivity index (χ0n) is 43.5. The van der Waals surface area contributed by atoms with Gasteiger partial charge >= 0.3 is 7.51 Å². The van der Waals surface area contributed by atoms with E-state index in [2.05, 4.69) is 238 Å². The summed E-state index contributed by atoms with van der Waals surface area (Å²) in [6.07, 6.45) is 3.87. The molecule has 0 aromatic rings. The van der Waals surface area contributed by atoms with Gasteiger partial charge in [-0.2, -0.15) is 9.03 Å². The maximum atomic E-state index is 6.03. The van der Waals surface area contributed by atoms with Crippen molar-refractivity contribution in [2.75, 3.05) is 125 Å². The van der Waals surface area contributed by atoms with Crippen molar-refractivity contribution < 1.29 is 0 Å². The van der Waals surface area contributed by atoms with Crippen LogP contribution in [0.4, 0.5) is 0 Å². The molecular formula is C39H99N14P5. The van der Waals surface area contributed by atoms with E-state index >= 15 is 0 Å². The molecule has 0 aromatic carbocycles. The monoisotopic (exact) mass is 919 g/mol. The van der Waals surface area contributed by atoms with Crippen LogP contribution in [0.15, 0.2) is 23.0 Å². The molecule has 1 rings (SSSR count). The largest absolute Gasteiger partial charge is 0.304 e. The van der Waals surface area contributed by atoms with Gasteiger partial charge in [0.1, 0.15) is 0 Å². The molecular weight excluding hydrogens is 819 g/mol. The molecule has 14 nitrogen and oxygen atoms in total. The molecule has 58 heavy (non-hydrogen) atoms. The highest BCUT2D eigenvalue weighted by molar-refractivity contribution is 7.81. The first-order valence-corrected chi connectivity index (χ1v) is 29.8. The van der Waals surface area contributed by atoms with Crippen LogP contribution < -0.4 is 0 Å². The van der Waals surface area contributed by atoms with Crippen molar-refractivity contribution in [3.8, 4) is 0 Å². The topological polar surface area (TPSA) is 91.0 Å². The number of rotatable bonds is 16. The third kappa shape index (κ3) is 13.7. The molecule has 2 atom stereocenters. The van der Waals surface area contributed by atoms with Crippen LogP contribution in [-0.2, 0) is 0 Å². The molecule has 19 heteroatoms. The van der Waals surface area contributed by atoms with Gasteiger partial charge in [0.25, 0.3) is 0 Å². The maximum Gasteiger partial charge on any atom is 0.304 e. The Morgan fingerprint density at radius 1 is 0.621 bits per heavy atom. The molecule has 1 saturated heterocycles. The normalized spacial score (nSPS) is 19.7. The summed E-state index contributed by atoms with van der Waals surface area (Å²) in [6.45, 7) is 33.0. The van der Waals surface area contributed by atoms with Gasteiger partial charge in [-0.3, -0.25) is 46.8 Å². The fourth-order valence-electron chi connectivity index (χ4n) is 8.68. The van der Waals surface area contributed by atoms with E-state index in [9.17, 15) is 0 Å². The summed E-state index contributed by atoms with van der Waals surface area (Å²) in [7, 11) is 20.5. The van der Waals surface area contributed by atoms with Crippen LogP contribution in [-0.4, -0.2) is 195 Å². The Morgan fingerprint density at radius 2 is 1.00 bits per heavy atom. The van der Waals surface area contributed by atoms with Crippen molar-refractivity contribution in [1.29, 1.82) is 0 Å². The first-order valence-electron chi connectivity index (χ1n) is 21.5. The molecule has 1 fully saturated rings. The maximum absolute atomic E-state index is 6.03. The predicted octanol–water partition coefficient (Wildman–Crippen LogP) is 12.1. The lowest BCUT2D eigenvalue weighted by Gasteiger charge is -2.50. The van der Waals surface area contributed by atoms with Gasteiger partial charge in [0.2, 0.25) is 0 Å². The van der Waals surface area contributed by atoms with E-state index in [0.29, 0.717) is 17.0 Å². The van der Waals surface area contributed by atoms with Gasteiger partial charge in [0.05, 0.1) is 18.4 Å². The second-order valence-electron chi connectivity index (χ2n) is 19.8. The standard InChI is InChI=1S/C24H65N11P4.C15H34N3P/c1-22(2)36(23(3)4,29(8)9)26-37(25-24(5,6)7,27-38(30(10)11,31(12)13)32(14)15)28-39(33(16)17,34(18)19)35(20)21;1-8-12-18(9-2)19(16-15(4,5)6)14(3)11-10-13-17(19)7/h22-23H,1-21H3;14H,8-13H2,1-7H3. The molecule has 0 saturated carbocycles. The second kappa shape index (κ2) is 23.1. The smallest absolute Gasteiger partial charge is 0.275 e. The highest BCUT2D eigenvalue weighted by Gasteiger charge is 2.43. The highest BCUT2D eigenvalue weighted by atomic mass is 31.3. The van der Waals surface area contributed by atoms with Crippen molar-refractivity contribution in [2.45, 2.75) is 137 Å². The molecule has 0 bridgehead atoms.